The van der Waals surface area contributed by atoms with Crippen LogP contribution in [0.1, 0.15) is 11.1 Å². The zero-order valence-corrected chi connectivity index (χ0v) is 10.4. The summed E-state index contributed by atoms with van der Waals surface area (Å²) in [6.07, 6.45) is 0. The molecule has 0 atom stereocenters. The quantitative estimate of drug-likeness (QED) is 0.848. The fraction of sp³-hybridized carbons (Fsp3) is 0.200. The van der Waals surface area contributed by atoms with Crippen LogP contribution in [0.2, 0.25) is 0 Å². The van der Waals surface area contributed by atoms with Gasteiger partial charge in [-0.1, -0.05) is 24.3 Å². The summed E-state index contributed by atoms with van der Waals surface area (Å²) in [5.41, 5.74) is 2.06. The Kier molecular flexibility index (Phi) is 4.34. The van der Waals surface area contributed by atoms with Crippen LogP contribution >= 0.6 is 0 Å². The van der Waals surface area contributed by atoms with Gasteiger partial charge in [-0.3, -0.25) is 0 Å². The van der Waals surface area contributed by atoms with Gasteiger partial charge in [0.1, 0.15) is 11.5 Å². The van der Waals surface area contributed by atoms with Crippen molar-refractivity contribution in [2.45, 2.75) is 13.2 Å². The van der Waals surface area contributed by atoms with Crippen LogP contribution in [0.3, 0.4) is 0 Å². The minimum absolute atomic E-state index is 0.0261. The number of aliphatic hydroxyl groups excluding tert-OH is 1. The van der Waals surface area contributed by atoms with Crippen molar-refractivity contribution >= 4 is 0 Å². The normalized spacial score (nSPS) is 10.3. The van der Waals surface area contributed by atoms with Gasteiger partial charge in [0, 0.05) is 6.54 Å². The molecule has 0 aliphatic rings. The standard InChI is InChI=1S/C15H17NO2/c1-16-10-12-5-7-14(8-6-12)18-15-4-2-3-13(9-15)11-17/h2-9,16-17H,10-11H2,1H3. The molecule has 0 aromatic heterocycles. The number of rotatable bonds is 5. The van der Waals surface area contributed by atoms with Gasteiger partial charge in [-0.25, -0.2) is 0 Å². The summed E-state index contributed by atoms with van der Waals surface area (Å²) in [5, 5.41) is 12.2. The number of hydrogen-bond donors (Lipinski definition) is 2. The first kappa shape index (κ1) is 12.6. The molecule has 18 heavy (non-hydrogen) atoms. The maximum Gasteiger partial charge on any atom is 0.127 e. The molecule has 0 aliphatic carbocycles. The van der Waals surface area contributed by atoms with Gasteiger partial charge in [0.05, 0.1) is 6.61 Å². The summed E-state index contributed by atoms with van der Waals surface area (Å²) in [4.78, 5) is 0. The monoisotopic (exact) mass is 243 g/mol. The van der Waals surface area contributed by atoms with E-state index in [0.29, 0.717) is 0 Å². The average Bonchev–Trinajstić information content (AvgIpc) is 2.42. The third-order valence-electron chi connectivity index (χ3n) is 2.62. The Labute approximate surface area is 107 Å². The van der Waals surface area contributed by atoms with E-state index in [2.05, 4.69) is 5.32 Å². The molecule has 0 fully saturated rings. The molecule has 2 rings (SSSR count). The van der Waals surface area contributed by atoms with Gasteiger partial charge in [-0.05, 0) is 42.4 Å². The van der Waals surface area contributed by atoms with E-state index in [1.54, 1.807) is 0 Å². The van der Waals surface area contributed by atoms with Gasteiger partial charge < -0.3 is 15.2 Å². The average molecular weight is 243 g/mol. The molecule has 94 valence electrons. The lowest BCUT2D eigenvalue weighted by molar-refractivity contribution is 0.281. The van der Waals surface area contributed by atoms with Crippen molar-refractivity contribution in [3.8, 4) is 11.5 Å². The zero-order valence-electron chi connectivity index (χ0n) is 10.4. The highest BCUT2D eigenvalue weighted by atomic mass is 16.5. The van der Waals surface area contributed by atoms with E-state index in [1.807, 2.05) is 55.6 Å². The number of hydrogen-bond acceptors (Lipinski definition) is 3. The summed E-state index contributed by atoms with van der Waals surface area (Å²) in [6.45, 7) is 0.874. The number of aliphatic hydroxyl groups is 1. The van der Waals surface area contributed by atoms with Crippen LogP contribution in [0.25, 0.3) is 0 Å². The van der Waals surface area contributed by atoms with E-state index in [9.17, 15) is 0 Å². The zero-order chi connectivity index (χ0) is 12.8. The highest BCUT2D eigenvalue weighted by Crippen LogP contribution is 2.22. The molecule has 0 saturated heterocycles. The van der Waals surface area contributed by atoms with Crippen molar-refractivity contribution < 1.29 is 9.84 Å². The van der Waals surface area contributed by atoms with Crippen molar-refractivity contribution in [1.82, 2.24) is 5.32 Å². The molecule has 0 radical (unpaired) electrons. The smallest absolute Gasteiger partial charge is 0.127 e. The maximum absolute atomic E-state index is 9.06. The summed E-state index contributed by atoms with van der Waals surface area (Å²) < 4.78 is 5.72. The van der Waals surface area contributed by atoms with E-state index in [-0.39, 0.29) is 6.61 Å². The molecule has 2 aromatic carbocycles. The highest BCUT2D eigenvalue weighted by Gasteiger charge is 1.99. The summed E-state index contributed by atoms with van der Waals surface area (Å²) in [6, 6.07) is 15.4. The summed E-state index contributed by atoms with van der Waals surface area (Å²) in [7, 11) is 1.92. The topological polar surface area (TPSA) is 41.5 Å². The second-order valence-electron chi connectivity index (χ2n) is 4.08. The van der Waals surface area contributed by atoms with E-state index in [4.69, 9.17) is 9.84 Å². The number of benzene rings is 2. The van der Waals surface area contributed by atoms with Crippen LogP contribution in [0.5, 0.6) is 11.5 Å². The molecule has 0 amide bonds. The van der Waals surface area contributed by atoms with E-state index < -0.39 is 0 Å². The molecule has 0 bridgehead atoms. The van der Waals surface area contributed by atoms with Crippen LogP contribution in [-0.2, 0) is 13.2 Å². The van der Waals surface area contributed by atoms with Crippen LogP contribution in [-0.4, -0.2) is 12.2 Å². The molecule has 3 heteroatoms. The maximum atomic E-state index is 9.06. The Morgan fingerprint density at radius 2 is 1.78 bits per heavy atom. The molecule has 0 saturated carbocycles. The highest BCUT2D eigenvalue weighted by molar-refractivity contribution is 5.35. The minimum Gasteiger partial charge on any atom is -0.457 e. The van der Waals surface area contributed by atoms with Crippen LogP contribution in [0.4, 0.5) is 0 Å². The van der Waals surface area contributed by atoms with E-state index >= 15 is 0 Å². The molecule has 2 aromatic rings. The molecular formula is C15H17NO2. The third kappa shape index (κ3) is 3.32. The SMILES string of the molecule is CNCc1ccc(Oc2cccc(CO)c2)cc1. The molecule has 0 unspecified atom stereocenters. The van der Waals surface area contributed by atoms with Gasteiger partial charge >= 0.3 is 0 Å². The fourth-order valence-corrected chi connectivity index (χ4v) is 1.72. The Bertz CT molecular complexity index is 494. The van der Waals surface area contributed by atoms with E-state index in [0.717, 1.165) is 23.6 Å². The van der Waals surface area contributed by atoms with Gasteiger partial charge in [-0.15, -0.1) is 0 Å². The number of ether oxygens (including phenoxy) is 1. The number of nitrogens with one attached hydrogen (secondary N) is 1. The first-order valence-corrected chi connectivity index (χ1v) is 5.93. The first-order valence-electron chi connectivity index (χ1n) is 5.93. The molecule has 0 aliphatic heterocycles. The third-order valence-corrected chi connectivity index (χ3v) is 2.62. The second kappa shape index (κ2) is 6.19. The van der Waals surface area contributed by atoms with Crippen molar-refractivity contribution in [1.29, 1.82) is 0 Å². The molecule has 2 N–H and O–H groups in total. The van der Waals surface area contributed by atoms with Crippen LogP contribution in [0, 0.1) is 0 Å². The first-order chi connectivity index (χ1) is 8.81. The van der Waals surface area contributed by atoms with Crippen molar-refractivity contribution in [2.75, 3.05) is 7.05 Å². The van der Waals surface area contributed by atoms with Crippen LogP contribution in [0.15, 0.2) is 48.5 Å². The molecule has 0 spiro atoms. The van der Waals surface area contributed by atoms with Crippen molar-refractivity contribution in [3.63, 3.8) is 0 Å². The minimum atomic E-state index is 0.0261. The Hall–Kier alpha value is -1.84. The Morgan fingerprint density at radius 1 is 1.00 bits per heavy atom. The van der Waals surface area contributed by atoms with Gasteiger partial charge in [0.15, 0.2) is 0 Å². The predicted molar refractivity (Wildman–Crippen MR) is 71.6 cm³/mol. The van der Waals surface area contributed by atoms with Crippen molar-refractivity contribution in [3.05, 3.63) is 59.7 Å². The Balaban J connectivity index is 2.08. The van der Waals surface area contributed by atoms with Gasteiger partial charge in [0.25, 0.3) is 0 Å². The van der Waals surface area contributed by atoms with Crippen LogP contribution < -0.4 is 10.1 Å². The summed E-state index contributed by atoms with van der Waals surface area (Å²) >= 11 is 0. The lowest BCUT2D eigenvalue weighted by Gasteiger charge is -2.07. The second-order valence-corrected chi connectivity index (χ2v) is 4.08. The summed E-state index contributed by atoms with van der Waals surface area (Å²) in [5.74, 6) is 1.54. The molecule has 0 heterocycles. The van der Waals surface area contributed by atoms with Gasteiger partial charge in [0.2, 0.25) is 0 Å². The Morgan fingerprint density at radius 3 is 2.44 bits per heavy atom. The lowest BCUT2D eigenvalue weighted by Crippen LogP contribution is -2.04. The van der Waals surface area contributed by atoms with E-state index in [1.165, 1.54) is 5.56 Å². The lowest BCUT2D eigenvalue weighted by atomic mass is 10.2. The molecule has 3 nitrogen and oxygen atoms in total. The fourth-order valence-electron chi connectivity index (χ4n) is 1.72. The van der Waals surface area contributed by atoms with Gasteiger partial charge in [-0.2, -0.15) is 0 Å². The molecular weight excluding hydrogens is 226 g/mol. The largest absolute Gasteiger partial charge is 0.457 e. The van der Waals surface area contributed by atoms with Crippen molar-refractivity contribution in [2.24, 2.45) is 0 Å². The predicted octanol–water partition coefficient (Wildman–Crippen LogP) is 2.69.